The van der Waals surface area contributed by atoms with Crippen LogP contribution in [0.3, 0.4) is 0 Å². The number of benzene rings is 2. The van der Waals surface area contributed by atoms with Gasteiger partial charge in [-0.25, -0.2) is 5.84 Å². The lowest BCUT2D eigenvalue weighted by molar-refractivity contribution is 0.0954. The van der Waals surface area contributed by atoms with Gasteiger partial charge in [0.15, 0.2) is 0 Å². The first-order chi connectivity index (χ1) is 9.79. The van der Waals surface area contributed by atoms with E-state index in [-0.39, 0.29) is 5.91 Å². The van der Waals surface area contributed by atoms with E-state index in [0.29, 0.717) is 5.56 Å². The van der Waals surface area contributed by atoms with Crippen LogP contribution in [0.15, 0.2) is 52.6 Å². The molecule has 1 heterocycles. The first-order valence-corrected chi connectivity index (χ1v) is 6.10. The number of rotatable bonds is 1. The Bertz CT molecular complexity index is 865. The molecule has 3 N–H and O–H groups in total. The van der Waals surface area contributed by atoms with Crippen LogP contribution < -0.4 is 21.8 Å². The molecule has 0 saturated carbocycles. The van der Waals surface area contributed by atoms with Crippen LogP contribution in [0, 0.1) is 0 Å². The maximum Gasteiger partial charge on any atom is 0.265 e. The molecule has 1 amide bonds. The van der Waals surface area contributed by atoms with Crippen LogP contribution in [0.2, 0.25) is 0 Å². The van der Waals surface area contributed by atoms with Crippen LogP contribution in [-0.2, 0) is 0 Å². The summed E-state index contributed by atoms with van der Waals surface area (Å²) in [5.41, 5.74) is 2.64. The third kappa shape index (κ3) is 2.10. The summed E-state index contributed by atoms with van der Waals surface area (Å²) in [6, 6.07) is 9.31. The molecule has 5 heteroatoms. The molecule has 0 spiro atoms. The fourth-order valence-corrected chi connectivity index (χ4v) is 2.13. The Labute approximate surface area is 114 Å². The number of fused-ring (bicyclic) bond motifs is 3. The molecule has 2 aromatic carbocycles. The molecule has 0 bridgehead atoms. The van der Waals surface area contributed by atoms with Crippen molar-refractivity contribution in [2.45, 2.75) is 0 Å². The second kappa shape index (κ2) is 5.07. The summed E-state index contributed by atoms with van der Waals surface area (Å²) in [7, 11) is 0. The molecule has 3 rings (SSSR count). The third-order valence-corrected chi connectivity index (χ3v) is 3.11. The molecule has 1 aliphatic heterocycles. The number of hydrogen-bond donors (Lipinski definition) is 2. The van der Waals surface area contributed by atoms with Crippen molar-refractivity contribution in [1.82, 2.24) is 5.43 Å². The smallest absolute Gasteiger partial charge is 0.265 e. The lowest BCUT2D eigenvalue weighted by Crippen LogP contribution is -2.30. The predicted octanol–water partition coefficient (Wildman–Crippen LogP) is 0.399. The molecular formula is C15H12N4O. The quantitative estimate of drug-likeness (QED) is 0.444. The number of hydrazine groups is 1. The van der Waals surface area contributed by atoms with E-state index >= 15 is 0 Å². The summed E-state index contributed by atoms with van der Waals surface area (Å²) in [4.78, 5) is 20.2. The van der Waals surface area contributed by atoms with Gasteiger partial charge < -0.3 is 0 Å². The SMILES string of the molecule is NNC(=O)c1ccc2ccc3c(c2c1)=CN=CC=CN=3. The number of nitrogens with two attached hydrogens (primary N) is 1. The Kier molecular flexibility index (Phi) is 3.10. The van der Waals surface area contributed by atoms with Crippen molar-refractivity contribution >= 4 is 29.1 Å². The standard InChI is InChI=1S/C15H12N4O/c16-19-15(20)11-3-2-10-4-5-14-13(12(10)8-11)9-17-6-1-7-18-14/h1-9H,16H2,(H,19,20). The van der Waals surface area contributed by atoms with E-state index in [1.54, 1.807) is 36.8 Å². The Morgan fingerprint density at radius 1 is 1.20 bits per heavy atom. The zero-order chi connectivity index (χ0) is 13.9. The molecule has 0 aliphatic carbocycles. The van der Waals surface area contributed by atoms with Crippen LogP contribution >= 0.6 is 0 Å². The van der Waals surface area contributed by atoms with Crippen molar-refractivity contribution < 1.29 is 4.79 Å². The number of hydrogen-bond acceptors (Lipinski definition) is 4. The summed E-state index contributed by atoms with van der Waals surface area (Å²) < 4.78 is 0. The van der Waals surface area contributed by atoms with Crippen molar-refractivity contribution in [2.24, 2.45) is 15.8 Å². The molecule has 20 heavy (non-hydrogen) atoms. The third-order valence-electron chi connectivity index (χ3n) is 3.11. The highest BCUT2D eigenvalue weighted by molar-refractivity contribution is 5.98. The van der Waals surface area contributed by atoms with Gasteiger partial charge in [-0.3, -0.25) is 20.2 Å². The Morgan fingerprint density at radius 3 is 2.90 bits per heavy atom. The van der Waals surface area contributed by atoms with Crippen molar-refractivity contribution in [3.63, 3.8) is 0 Å². The van der Waals surface area contributed by atoms with Gasteiger partial charge in [0.05, 0.1) is 5.36 Å². The van der Waals surface area contributed by atoms with Gasteiger partial charge in [-0.05, 0) is 35.0 Å². The number of aliphatic imine (C=N–C) groups is 1. The molecule has 0 atom stereocenters. The lowest BCUT2D eigenvalue weighted by atomic mass is 10.0. The van der Waals surface area contributed by atoms with E-state index in [0.717, 1.165) is 21.3 Å². The summed E-state index contributed by atoms with van der Waals surface area (Å²) in [6.07, 6.45) is 6.87. The monoisotopic (exact) mass is 264 g/mol. The molecule has 0 radical (unpaired) electrons. The highest BCUT2D eigenvalue weighted by Gasteiger charge is 2.05. The minimum Gasteiger partial charge on any atom is -0.290 e. The average molecular weight is 264 g/mol. The van der Waals surface area contributed by atoms with Gasteiger partial charge in [-0.2, -0.15) is 0 Å². The number of nitrogens with zero attached hydrogens (tertiary/aromatic N) is 2. The molecule has 98 valence electrons. The maximum atomic E-state index is 11.6. The van der Waals surface area contributed by atoms with E-state index in [9.17, 15) is 4.79 Å². The molecule has 0 unspecified atom stereocenters. The van der Waals surface area contributed by atoms with Crippen LogP contribution in [0.25, 0.3) is 17.0 Å². The molecule has 1 aliphatic rings. The van der Waals surface area contributed by atoms with Crippen LogP contribution in [0.1, 0.15) is 10.4 Å². The fourth-order valence-electron chi connectivity index (χ4n) is 2.13. The van der Waals surface area contributed by atoms with E-state index in [1.807, 2.05) is 18.2 Å². The summed E-state index contributed by atoms with van der Waals surface area (Å²) >= 11 is 0. The first kappa shape index (κ1) is 12.3. The zero-order valence-corrected chi connectivity index (χ0v) is 10.6. The normalized spacial score (nSPS) is 12.8. The van der Waals surface area contributed by atoms with E-state index in [1.165, 1.54) is 0 Å². The van der Waals surface area contributed by atoms with Crippen molar-refractivity contribution in [2.75, 3.05) is 0 Å². The van der Waals surface area contributed by atoms with Gasteiger partial charge >= 0.3 is 0 Å². The first-order valence-electron chi connectivity index (χ1n) is 6.10. The average Bonchev–Trinajstić information content (AvgIpc) is 2.46. The Morgan fingerprint density at radius 2 is 2.05 bits per heavy atom. The Hall–Kier alpha value is -2.79. The van der Waals surface area contributed by atoms with Crippen LogP contribution in [-0.4, -0.2) is 12.1 Å². The molecule has 5 nitrogen and oxygen atoms in total. The topological polar surface area (TPSA) is 79.8 Å². The maximum absolute atomic E-state index is 11.6. The van der Waals surface area contributed by atoms with Crippen molar-refractivity contribution in [3.8, 4) is 0 Å². The minimum absolute atomic E-state index is 0.323. The second-order valence-electron chi connectivity index (χ2n) is 4.31. The minimum atomic E-state index is -0.323. The van der Waals surface area contributed by atoms with E-state index in [4.69, 9.17) is 5.84 Å². The van der Waals surface area contributed by atoms with Gasteiger partial charge in [-0.1, -0.05) is 12.1 Å². The molecular weight excluding hydrogens is 252 g/mol. The lowest BCUT2D eigenvalue weighted by Gasteiger charge is -2.04. The fraction of sp³-hybridized carbons (Fsp3) is 0. The van der Waals surface area contributed by atoms with Gasteiger partial charge in [0.25, 0.3) is 5.91 Å². The highest BCUT2D eigenvalue weighted by atomic mass is 16.2. The van der Waals surface area contributed by atoms with E-state index < -0.39 is 0 Å². The second-order valence-corrected chi connectivity index (χ2v) is 4.31. The molecule has 2 aromatic rings. The Balaban J connectivity index is 2.39. The predicted molar refractivity (Wildman–Crippen MR) is 78.5 cm³/mol. The van der Waals surface area contributed by atoms with Gasteiger partial charge in [-0.15, -0.1) is 0 Å². The number of amides is 1. The number of nitrogens with one attached hydrogen (secondary N) is 1. The highest BCUT2D eigenvalue weighted by Crippen LogP contribution is 2.11. The summed E-state index contributed by atoms with van der Waals surface area (Å²) in [6.45, 7) is 0. The summed E-state index contributed by atoms with van der Waals surface area (Å²) in [5.74, 6) is 4.85. The largest absolute Gasteiger partial charge is 0.290 e. The van der Waals surface area contributed by atoms with E-state index in [2.05, 4.69) is 15.4 Å². The van der Waals surface area contributed by atoms with Crippen molar-refractivity contribution in [1.29, 1.82) is 0 Å². The van der Waals surface area contributed by atoms with Crippen LogP contribution in [0.4, 0.5) is 0 Å². The number of carbonyl (C=O) groups is 1. The van der Waals surface area contributed by atoms with Gasteiger partial charge in [0, 0.05) is 29.4 Å². The number of carbonyl (C=O) groups excluding carboxylic acids is 1. The van der Waals surface area contributed by atoms with Crippen molar-refractivity contribution in [3.05, 3.63) is 58.7 Å². The number of allylic oxidation sites excluding steroid dienone is 1. The molecule has 0 fully saturated rings. The van der Waals surface area contributed by atoms with Gasteiger partial charge in [0.2, 0.25) is 0 Å². The summed E-state index contributed by atoms with van der Waals surface area (Å²) in [5, 5.41) is 3.63. The molecule has 0 aromatic heterocycles. The molecule has 0 saturated heterocycles. The number of nitrogen functional groups attached to an aromatic ring is 1. The van der Waals surface area contributed by atoms with Gasteiger partial charge in [0.1, 0.15) is 0 Å². The zero-order valence-electron chi connectivity index (χ0n) is 10.6. The van der Waals surface area contributed by atoms with Crippen LogP contribution in [0.5, 0.6) is 0 Å².